The maximum absolute atomic E-state index is 12.3. The van der Waals surface area contributed by atoms with Crippen molar-refractivity contribution in [2.24, 2.45) is 4.99 Å². The predicted molar refractivity (Wildman–Crippen MR) is 108 cm³/mol. The maximum atomic E-state index is 12.3. The summed E-state index contributed by atoms with van der Waals surface area (Å²) in [4.78, 5) is 16.7. The lowest BCUT2D eigenvalue weighted by Gasteiger charge is -2.08. The average Bonchev–Trinajstić information content (AvgIpc) is 3.05. The lowest BCUT2D eigenvalue weighted by Crippen LogP contribution is -2.05. The van der Waals surface area contributed by atoms with Crippen molar-refractivity contribution in [2.75, 3.05) is 7.11 Å². The van der Waals surface area contributed by atoms with E-state index in [0.717, 1.165) is 16.3 Å². The molecule has 0 aromatic heterocycles. The van der Waals surface area contributed by atoms with Crippen LogP contribution >= 0.6 is 23.2 Å². The zero-order chi connectivity index (χ0) is 19.0. The molecule has 0 amide bonds. The highest BCUT2D eigenvalue weighted by Gasteiger charge is 2.25. The molecule has 1 heterocycles. The van der Waals surface area contributed by atoms with Crippen molar-refractivity contribution in [1.82, 2.24) is 0 Å². The summed E-state index contributed by atoms with van der Waals surface area (Å²) in [5.74, 6) is 0.294. The standard InChI is InChI=1S/C21H13Cl2NO3/c1-26-19-9-7-12-4-2-3-5-14(12)15(19)11-18-21(25)27-20(24-18)13-6-8-16(22)17(23)10-13/h2-11H,1H3/b18-11-. The van der Waals surface area contributed by atoms with Gasteiger partial charge in [-0.05, 0) is 41.1 Å². The molecule has 0 N–H and O–H groups in total. The van der Waals surface area contributed by atoms with Gasteiger partial charge in [0.15, 0.2) is 5.70 Å². The van der Waals surface area contributed by atoms with Crippen molar-refractivity contribution in [3.05, 3.63) is 81.5 Å². The summed E-state index contributed by atoms with van der Waals surface area (Å²) in [6, 6.07) is 16.6. The van der Waals surface area contributed by atoms with Crippen LogP contribution in [0.3, 0.4) is 0 Å². The molecule has 0 atom stereocenters. The molecule has 4 rings (SSSR count). The van der Waals surface area contributed by atoms with Gasteiger partial charge in [-0.1, -0.05) is 53.5 Å². The van der Waals surface area contributed by atoms with E-state index in [9.17, 15) is 4.79 Å². The van der Waals surface area contributed by atoms with E-state index in [1.807, 2.05) is 36.4 Å². The van der Waals surface area contributed by atoms with Gasteiger partial charge in [-0.3, -0.25) is 0 Å². The predicted octanol–water partition coefficient (Wildman–Crippen LogP) is 5.50. The first-order valence-electron chi connectivity index (χ1n) is 8.10. The molecule has 4 nitrogen and oxygen atoms in total. The van der Waals surface area contributed by atoms with E-state index in [1.54, 1.807) is 31.4 Å². The topological polar surface area (TPSA) is 47.9 Å². The normalized spacial score (nSPS) is 15.1. The van der Waals surface area contributed by atoms with Crippen LogP contribution in [-0.4, -0.2) is 19.0 Å². The number of cyclic esters (lactones) is 1. The minimum atomic E-state index is -0.536. The highest BCUT2D eigenvalue weighted by Crippen LogP contribution is 2.32. The second-order valence-corrected chi connectivity index (χ2v) is 6.68. The molecule has 0 saturated heterocycles. The molecule has 27 heavy (non-hydrogen) atoms. The fraction of sp³-hybridized carbons (Fsp3) is 0.0476. The second-order valence-electron chi connectivity index (χ2n) is 5.87. The van der Waals surface area contributed by atoms with Gasteiger partial charge in [0.1, 0.15) is 5.75 Å². The Balaban J connectivity index is 1.82. The van der Waals surface area contributed by atoms with E-state index in [1.165, 1.54) is 0 Å². The molecule has 0 radical (unpaired) electrons. The Kier molecular flexibility index (Phi) is 4.60. The molecule has 0 aliphatic carbocycles. The molecule has 0 saturated carbocycles. The number of esters is 1. The number of carbonyl (C=O) groups is 1. The summed E-state index contributed by atoms with van der Waals surface area (Å²) >= 11 is 12.0. The van der Waals surface area contributed by atoms with Crippen LogP contribution in [0.25, 0.3) is 16.8 Å². The number of methoxy groups -OCH3 is 1. The lowest BCUT2D eigenvalue weighted by atomic mass is 10.0. The number of fused-ring (bicyclic) bond motifs is 1. The van der Waals surface area contributed by atoms with Gasteiger partial charge in [-0.25, -0.2) is 9.79 Å². The van der Waals surface area contributed by atoms with Crippen molar-refractivity contribution >= 4 is 51.9 Å². The van der Waals surface area contributed by atoms with Crippen LogP contribution in [0.15, 0.2) is 65.3 Å². The van der Waals surface area contributed by atoms with Crippen LogP contribution < -0.4 is 4.74 Å². The molecule has 134 valence electrons. The zero-order valence-corrected chi connectivity index (χ0v) is 15.7. The van der Waals surface area contributed by atoms with E-state index in [0.29, 0.717) is 21.4 Å². The van der Waals surface area contributed by atoms with Crippen molar-refractivity contribution in [3.63, 3.8) is 0 Å². The summed E-state index contributed by atoms with van der Waals surface area (Å²) in [6.45, 7) is 0. The molecule has 0 bridgehead atoms. The van der Waals surface area contributed by atoms with Crippen molar-refractivity contribution in [2.45, 2.75) is 0 Å². The number of aliphatic imine (C=N–C) groups is 1. The van der Waals surface area contributed by atoms with Gasteiger partial charge >= 0.3 is 5.97 Å². The minimum absolute atomic E-state index is 0.184. The smallest absolute Gasteiger partial charge is 0.363 e. The summed E-state index contributed by atoms with van der Waals surface area (Å²) in [5, 5.41) is 2.77. The average molecular weight is 398 g/mol. The number of benzene rings is 3. The number of rotatable bonds is 3. The zero-order valence-electron chi connectivity index (χ0n) is 14.2. The van der Waals surface area contributed by atoms with E-state index in [4.69, 9.17) is 32.7 Å². The van der Waals surface area contributed by atoms with Crippen LogP contribution in [0.2, 0.25) is 10.0 Å². The Bertz CT molecular complexity index is 1140. The van der Waals surface area contributed by atoms with Gasteiger partial charge in [0.2, 0.25) is 5.90 Å². The first-order chi connectivity index (χ1) is 13.1. The molecule has 0 spiro atoms. The van der Waals surface area contributed by atoms with Gasteiger partial charge in [-0.15, -0.1) is 0 Å². The number of ether oxygens (including phenoxy) is 2. The maximum Gasteiger partial charge on any atom is 0.363 e. The third-order valence-electron chi connectivity index (χ3n) is 4.22. The Morgan fingerprint density at radius 3 is 2.63 bits per heavy atom. The number of hydrogen-bond donors (Lipinski definition) is 0. The third-order valence-corrected chi connectivity index (χ3v) is 4.96. The lowest BCUT2D eigenvalue weighted by molar-refractivity contribution is -0.129. The van der Waals surface area contributed by atoms with E-state index in [-0.39, 0.29) is 11.6 Å². The molecule has 6 heteroatoms. The fourth-order valence-electron chi connectivity index (χ4n) is 2.90. The van der Waals surface area contributed by atoms with Gasteiger partial charge in [0.05, 0.1) is 17.2 Å². The Morgan fingerprint density at radius 1 is 1.04 bits per heavy atom. The van der Waals surface area contributed by atoms with Crippen molar-refractivity contribution < 1.29 is 14.3 Å². The molecule has 0 unspecified atom stereocenters. The highest BCUT2D eigenvalue weighted by atomic mass is 35.5. The van der Waals surface area contributed by atoms with Crippen molar-refractivity contribution in [3.8, 4) is 5.75 Å². The number of nitrogens with zero attached hydrogens (tertiary/aromatic N) is 1. The van der Waals surface area contributed by atoms with Gasteiger partial charge in [0, 0.05) is 11.1 Å². The SMILES string of the molecule is COc1ccc2ccccc2c1/C=C1\N=C(c2ccc(Cl)c(Cl)c2)OC1=O. The summed E-state index contributed by atoms with van der Waals surface area (Å²) < 4.78 is 10.8. The Labute approximate surface area is 165 Å². The number of halogens is 2. The molecular formula is C21H13Cl2NO3. The van der Waals surface area contributed by atoms with Gasteiger partial charge < -0.3 is 9.47 Å². The highest BCUT2D eigenvalue weighted by molar-refractivity contribution is 6.42. The third kappa shape index (κ3) is 3.29. The van der Waals surface area contributed by atoms with E-state index in [2.05, 4.69) is 4.99 Å². The van der Waals surface area contributed by atoms with Crippen molar-refractivity contribution in [1.29, 1.82) is 0 Å². The van der Waals surface area contributed by atoms with Gasteiger partial charge in [0.25, 0.3) is 0 Å². The molecule has 3 aromatic carbocycles. The minimum Gasteiger partial charge on any atom is -0.496 e. The van der Waals surface area contributed by atoms with E-state index < -0.39 is 5.97 Å². The molecule has 0 fully saturated rings. The fourth-order valence-corrected chi connectivity index (χ4v) is 3.20. The molecule has 1 aliphatic rings. The number of hydrogen-bond acceptors (Lipinski definition) is 4. The monoisotopic (exact) mass is 397 g/mol. The van der Waals surface area contributed by atoms with Crippen LogP contribution in [0.4, 0.5) is 0 Å². The summed E-state index contributed by atoms with van der Waals surface area (Å²) in [5.41, 5.74) is 1.53. The summed E-state index contributed by atoms with van der Waals surface area (Å²) in [7, 11) is 1.59. The molecule has 3 aromatic rings. The quantitative estimate of drug-likeness (QED) is 0.432. The van der Waals surface area contributed by atoms with Gasteiger partial charge in [-0.2, -0.15) is 0 Å². The number of carbonyl (C=O) groups excluding carboxylic acids is 1. The van der Waals surface area contributed by atoms with Crippen LogP contribution in [0.1, 0.15) is 11.1 Å². The first-order valence-corrected chi connectivity index (χ1v) is 8.86. The van der Waals surface area contributed by atoms with Crippen LogP contribution in [0, 0.1) is 0 Å². The first kappa shape index (κ1) is 17.6. The molecule has 1 aliphatic heterocycles. The van der Waals surface area contributed by atoms with E-state index >= 15 is 0 Å². The van der Waals surface area contributed by atoms with Crippen LogP contribution in [-0.2, 0) is 9.53 Å². The Morgan fingerprint density at radius 2 is 1.85 bits per heavy atom. The Hall–Kier alpha value is -2.82. The largest absolute Gasteiger partial charge is 0.496 e. The molecular weight excluding hydrogens is 385 g/mol. The van der Waals surface area contributed by atoms with Crippen LogP contribution in [0.5, 0.6) is 5.75 Å². The summed E-state index contributed by atoms with van der Waals surface area (Å²) in [6.07, 6.45) is 1.67. The second kappa shape index (κ2) is 7.06.